The zero-order chi connectivity index (χ0) is 17.8. The van der Waals surface area contributed by atoms with Crippen LogP contribution in [0.15, 0.2) is 48.8 Å². The molecule has 0 aliphatic carbocycles. The monoisotopic (exact) mass is 341 g/mol. The molecule has 1 heterocycles. The topological polar surface area (TPSA) is 92.9 Å². The summed E-state index contributed by atoms with van der Waals surface area (Å²) in [7, 11) is 0. The molecule has 0 saturated heterocycles. The number of aliphatic hydroxyl groups is 1. The van der Waals surface area contributed by atoms with Gasteiger partial charge in [-0.3, -0.25) is 4.79 Å². The minimum absolute atomic E-state index is 0.183. The molecule has 0 radical (unpaired) electrons. The molecule has 0 aliphatic heterocycles. The van der Waals surface area contributed by atoms with E-state index in [-0.39, 0.29) is 12.3 Å². The van der Waals surface area contributed by atoms with Crippen molar-refractivity contribution in [1.82, 2.24) is 20.2 Å². The van der Waals surface area contributed by atoms with Crippen LogP contribution in [-0.2, 0) is 4.79 Å². The highest BCUT2D eigenvalue weighted by Crippen LogP contribution is 2.21. The Morgan fingerprint density at radius 1 is 1.32 bits per heavy atom. The van der Waals surface area contributed by atoms with E-state index in [0.717, 1.165) is 11.3 Å². The standard InChI is InChI=1S/C17H16FN5O2/c1-11-5-6-14(8-15(11)23-10-19-21-22-23)20-17(25)9-16(24)12-3-2-4-13(18)7-12/h2-8,10,16,24H,9H2,1H3,(H,20,25). The number of aromatic nitrogens is 4. The third-order valence-electron chi connectivity index (χ3n) is 3.70. The average Bonchev–Trinajstić information content (AvgIpc) is 3.11. The summed E-state index contributed by atoms with van der Waals surface area (Å²) >= 11 is 0. The molecule has 1 amide bonds. The number of carbonyl (C=O) groups is 1. The molecule has 25 heavy (non-hydrogen) atoms. The molecular formula is C17H16FN5O2. The van der Waals surface area contributed by atoms with E-state index in [9.17, 15) is 14.3 Å². The molecule has 7 nitrogen and oxygen atoms in total. The van der Waals surface area contributed by atoms with E-state index >= 15 is 0 Å². The molecule has 1 aromatic heterocycles. The predicted octanol–water partition coefficient (Wildman–Crippen LogP) is 2.17. The molecule has 2 N–H and O–H groups in total. The molecule has 8 heteroatoms. The van der Waals surface area contributed by atoms with Gasteiger partial charge in [-0.25, -0.2) is 9.07 Å². The van der Waals surface area contributed by atoms with Gasteiger partial charge in [0.05, 0.1) is 18.2 Å². The van der Waals surface area contributed by atoms with Gasteiger partial charge in [0, 0.05) is 5.69 Å². The molecule has 0 saturated carbocycles. The lowest BCUT2D eigenvalue weighted by Gasteiger charge is -2.13. The fourth-order valence-corrected chi connectivity index (χ4v) is 2.42. The van der Waals surface area contributed by atoms with Gasteiger partial charge >= 0.3 is 0 Å². The quantitative estimate of drug-likeness (QED) is 0.742. The lowest BCUT2D eigenvalue weighted by atomic mass is 10.1. The smallest absolute Gasteiger partial charge is 0.227 e. The third-order valence-corrected chi connectivity index (χ3v) is 3.70. The molecule has 0 fully saturated rings. The number of benzene rings is 2. The second-order valence-corrected chi connectivity index (χ2v) is 5.58. The second-order valence-electron chi connectivity index (χ2n) is 5.58. The Bertz CT molecular complexity index is 883. The van der Waals surface area contributed by atoms with Crippen molar-refractivity contribution >= 4 is 11.6 Å². The van der Waals surface area contributed by atoms with Crippen LogP contribution in [0.3, 0.4) is 0 Å². The van der Waals surface area contributed by atoms with Crippen LogP contribution < -0.4 is 5.32 Å². The van der Waals surface area contributed by atoms with Crippen molar-refractivity contribution in [3.8, 4) is 5.69 Å². The molecule has 0 aliphatic rings. The van der Waals surface area contributed by atoms with Crippen molar-refractivity contribution in [3.63, 3.8) is 0 Å². The molecule has 1 unspecified atom stereocenters. The van der Waals surface area contributed by atoms with E-state index in [1.165, 1.54) is 29.2 Å². The maximum absolute atomic E-state index is 13.2. The fraction of sp³-hybridized carbons (Fsp3) is 0.176. The number of nitrogens with one attached hydrogen (secondary N) is 1. The SMILES string of the molecule is Cc1ccc(NC(=O)CC(O)c2cccc(F)c2)cc1-n1cnnn1. The molecule has 2 aromatic carbocycles. The lowest BCUT2D eigenvalue weighted by Crippen LogP contribution is -2.16. The van der Waals surface area contributed by atoms with Gasteiger partial charge in [-0.1, -0.05) is 18.2 Å². The van der Waals surface area contributed by atoms with E-state index in [0.29, 0.717) is 11.3 Å². The number of aryl methyl sites for hydroxylation is 1. The van der Waals surface area contributed by atoms with Gasteiger partial charge < -0.3 is 10.4 Å². The predicted molar refractivity (Wildman–Crippen MR) is 88.5 cm³/mol. The van der Waals surface area contributed by atoms with Crippen LogP contribution in [-0.4, -0.2) is 31.2 Å². The minimum Gasteiger partial charge on any atom is -0.388 e. The summed E-state index contributed by atoms with van der Waals surface area (Å²) in [5.41, 5.74) is 2.57. The number of hydrogen-bond acceptors (Lipinski definition) is 5. The number of halogens is 1. The van der Waals surface area contributed by atoms with Crippen LogP contribution in [0, 0.1) is 12.7 Å². The summed E-state index contributed by atoms with van der Waals surface area (Å²) in [6.07, 6.45) is 0.194. The molecule has 1 atom stereocenters. The van der Waals surface area contributed by atoms with Crippen molar-refractivity contribution in [2.45, 2.75) is 19.4 Å². The highest BCUT2D eigenvalue weighted by atomic mass is 19.1. The maximum Gasteiger partial charge on any atom is 0.227 e. The van der Waals surface area contributed by atoms with E-state index < -0.39 is 11.9 Å². The molecule has 128 valence electrons. The van der Waals surface area contributed by atoms with Crippen LogP contribution in [0.1, 0.15) is 23.7 Å². The first kappa shape index (κ1) is 16.7. The summed E-state index contributed by atoms with van der Waals surface area (Å²) < 4.78 is 14.7. The van der Waals surface area contributed by atoms with Crippen molar-refractivity contribution in [1.29, 1.82) is 0 Å². The summed E-state index contributed by atoms with van der Waals surface area (Å²) in [6.45, 7) is 1.90. The van der Waals surface area contributed by atoms with Crippen molar-refractivity contribution in [2.75, 3.05) is 5.32 Å². The van der Waals surface area contributed by atoms with E-state index in [2.05, 4.69) is 20.8 Å². The molecule has 3 aromatic rings. The molecular weight excluding hydrogens is 325 g/mol. The fourth-order valence-electron chi connectivity index (χ4n) is 2.42. The first-order valence-electron chi connectivity index (χ1n) is 7.60. The van der Waals surface area contributed by atoms with Crippen LogP contribution in [0.2, 0.25) is 0 Å². The number of anilines is 1. The molecule has 0 spiro atoms. The van der Waals surface area contributed by atoms with Gasteiger partial charge in [0.25, 0.3) is 0 Å². The van der Waals surface area contributed by atoms with E-state index in [1.54, 1.807) is 18.2 Å². The van der Waals surface area contributed by atoms with Crippen LogP contribution in [0.5, 0.6) is 0 Å². The molecule has 3 rings (SSSR count). The normalized spacial score (nSPS) is 12.0. The van der Waals surface area contributed by atoms with Gasteiger partial charge in [0.15, 0.2) is 0 Å². The van der Waals surface area contributed by atoms with Crippen LogP contribution >= 0.6 is 0 Å². The van der Waals surface area contributed by atoms with E-state index in [4.69, 9.17) is 0 Å². The Kier molecular flexibility index (Phi) is 4.80. The first-order valence-corrected chi connectivity index (χ1v) is 7.60. The first-order chi connectivity index (χ1) is 12.0. The zero-order valence-corrected chi connectivity index (χ0v) is 13.4. The number of tetrazole rings is 1. The third kappa shape index (κ3) is 4.04. The summed E-state index contributed by atoms with van der Waals surface area (Å²) in [5.74, 6) is -0.843. The number of hydrogen-bond donors (Lipinski definition) is 2. The summed E-state index contributed by atoms with van der Waals surface area (Å²) in [6, 6.07) is 10.9. The minimum atomic E-state index is -1.08. The Morgan fingerprint density at radius 2 is 2.16 bits per heavy atom. The van der Waals surface area contributed by atoms with Crippen molar-refractivity contribution in [3.05, 3.63) is 65.7 Å². The van der Waals surface area contributed by atoms with Crippen LogP contribution in [0.25, 0.3) is 5.69 Å². The Morgan fingerprint density at radius 3 is 2.88 bits per heavy atom. The summed E-state index contributed by atoms with van der Waals surface area (Å²) in [4.78, 5) is 12.2. The Balaban J connectivity index is 1.70. The second kappa shape index (κ2) is 7.18. The van der Waals surface area contributed by atoms with Crippen molar-refractivity contribution < 1.29 is 14.3 Å². The average molecular weight is 341 g/mol. The highest BCUT2D eigenvalue weighted by molar-refractivity contribution is 5.91. The number of rotatable bonds is 5. The van der Waals surface area contributed by atoms with E-state index in [1.807, 2.05) is 13.0 Å². The van der Waals surface area contributed by atoms with Gasteiger partial charge in [0.2, 0.25) is 5.91 Å². The molecule has 0 bridgehead atoms. The number of nitrogens with zero attached hydrogens (tertiary/aromatic N) is 4. The Hall–Kier alpha value is -3.13. The van der Waals surface area contributed by atoms with Gasteiger partial charge in [0.1, 0.15) is 12.1 Å². The largest absolute Gasteiger partial charge is 0.388 e. The van der Waals surface area contributed by atoms with Gasteiger partial charge in [-0.15, -0.1) is 5.10 Å². The number of carbonyl (C=O) groups excluding carboxylic acids is 1. The zero-order valence-electron chi connectivity index (χ0n) is 13.4. The van der Waals surface area contributed by atoms with Crippen molar-refractivity contribution in [2.24, 2.45) is 0 Å². The van der Waals surface area contributed by atoms with Gasteiger partial charge in [-0.2, -0.15) is 0 Å². The number of amides is 1. The highest BCUT2D eigenvalue weighted by Gasteiger charge is 2.14. The number of aliphatic hydroxyl groups excluding tert-OH is 1. The maximum atomic E-state index is 13.2. The van der Waals surface area contributed by atoms with Crippen LogP contribution in [0.4, 0.5) is 10.1 Å². The summed E-state index contributed by atoms with van der Waals surface area (Å²) in [5, 5.41) is 23.8. The van der Waals surface area contributed by atoms with Gasteiger partial charge in [-0.05, 0) is 52.7 Å². The lowest BCUT2D eigenvalue weighted by molar-refractivity contribution is -0.118. The Labute approximate surface area is 143 Å².